The molecule has 9 heteroatoms. The summed E-state index contributed by atoms with van der Waals surface area (Å²) in [4.78, 5) is 24.9. The first-order chi connectivity index (χ1) is 14.7. The van der Waals surface area contributed by atoms with Gasteiger partial charge < -0.3 is 10.1 Å². The fourth-order valence-corrected chi connectivity index (χ4v) is 4.31. The number of amides is 1. The maximum absolute atomic E-state index is 14.2. The second-order valence-corrected chi connectivity index (χ2v) is 8.12. The third-order valence-electron chi connectivity index (χ3n) is 4.84. The SMILES string of the molecule is CC(=O)c1ccc(-c2cc(F)cc3c2O[C@@H](CNC(=O)c2c(F)ccc(F)c2F)C3)s1. The maximum Gasteiger partial charge on any atom is 0.257 e. The minimum atomic E-state index is -1.57. The van der Waals surface area contributed by atoms with Crippen molar-refractivity contribution < 1.29 is 31.9 Å². The summed E-state index contributed by atoms with van der Waals surface area (Å²) < 4.78 is 60.9. The van der Waals surface area contributed by atoms with Crippen LogP contribution in [0.5, 0.6) is 5.75 Å². The average molecular weight is 449 g/mol. The van der Waals surface area contributed by atoms with Crippen molar-refractivity contribution in [3.8, 4) is 16.2 Å². The van der Waals surface area contributed by atoms with Crippen LogP contribution in [-0.2, 0) is 6.42 Å². The van der Waals surface area contributed by atoms with Gasteiger partial charge in [-0.3, -0.25) is 9.59 Å². The predicted octanol–water partition coefficient (Wildman–Crippen LogP) is 4.91. The third-order valence-corrected chi connectivity index (χ3v) is 6.06. The monoisotopic (exact) mass is 449 g/mol. The van der Waals surface area contributed by atoms with Gasteiger partial charge in [0, 0.05) is 22.4 Å². The van der Waals surface area contributed by atoms with Crippen molar-refractivity contribution in [2.45, 2.75) is 19.4 Å². The minimum absolute atomic E-state index is 0.109. The van der Waals surface area contributed by atoms with E-state index in [9.17, 15) is 27.2 Å². The second kappa shape index (κ2) is 8.14. The van der Waals surface area contributed by atoms with E-state index < -0.39 is 40.8 Å². The molecule has 2 heterocycles. The van der Waals surface area contributed by atoms with Gasteiger partial charge in [-0.05, 0) is 43.3 Å². The van der Waals surface area contributed by atoms with E-state index >= 15 is 0 Å². The second-order valence-electron chi connectivity index (χ2n) is 7.03. The van der Waals surface area contributed by atoms with Gasteiger partial charge in [-0.25, -0.2) is 17.6 Å². The summed E-state index contributed by atoms with van der Waals surface area (Å²) in [5.74, 6) is -5.39. The molecule has 1 atom stereocenters. The molecule has 1 aromatic heterocycles. The van der Waals surface area contributed by atoms with Gasteiger partial charge >= 0.3 is 0 Å². The number of nitrogens with one attached hydrogen (secondary N) is 1. The molecule has 0 bridgehead atoms. The number of carbonyl (C=O) groups excluding carboxylic acids is 2. The highest BCUT2D eigenvalue weighted by atomic mass is 32.1. The van der Waals surface area contributed by atoms with Crippen molar-refractivity contribution in [3.63, 3.8) is 0 Å². The molecule has 1 aliphatic heterocycles. The lowest BCUT2D eigenvalue weighted by molar-refractivity contribution is 0.0923. The predicted molar refractivity (Wildman–Crippen MR) is 106 cm³/mol. The zero-order valence-corrected chi connectivity index (χ0v) is 16.9. The van der Waals surface area contributed by atoms with E-state index in [-0.39, 0.29) is 18.7 Å². The maximum atomic E-state index is 14.2. The van der Waals surface area contributed by atoms with Gasteiger partial charge in [0.25, 0.3) is 5.91 Å². The summed E-state index contributed by atoms with van der Waals surface area (Å²) in [5, 5.41) is 2.33. The van der Waals surface area contributed by atoms with Crippen molar-refractivity contribution >= 4 is 23.0 Å². The molecule has 1 aliphatic rings. The fraction of sp³-hybridized carbons (Fsp3) is 0.182. The molecule has 1 N–H and O–H groups in total. The Kier molecular flexibility index (Phi) is 5.53. The molecule has 31 heavy (non-hydrogen) atoms. The first-order valence-corrected chi connectivity index (χ1v) is 10.1. The van der Waals surface area contributed by atoms with E-state index in [1.54, 1.807) is 12.1 Å². The Balaban J connectivity index is 1.52. The summed E-state index contributed by atoms with van der Waals surface area (Å²) in [7, 11) is 0. The molecular formula is C22H15F4NO3S. The highest BCUT2D eigenvalue weighted by molar-refractivity contribution is 7.17. The molecule has 3 aromatic rings. The van der Waals surface area contributed by atoms with E-state index in [1.165, 1.54) is 30.4 Å². The molecule has 0 spiro atoms. The summed E-state index contributed by atoms with van der Waals surface area (Å²) in [5.41, 5.74) is 0.0243. The topological polar surface area (TPSA) is 55.4 Å². The molecule has 4 nitrogen and oxygen atoms in total. The number of carbonyl (C=O) groups is 2. The number of fused-ring (bicyclic) bond motifs is 1. The number of hydrogen-bond donors (Lipinski definition) is 1. The molecule has 160 valence electrons. The van der Waals surface area contributed by atoms with Crippen molar-refractivity contribution in [1.29, 1.82) is 0 Å². The van der Waals surface area contributed by atoms with Crippen LogP contribution < -0.4 is 10.1 Å². The van der Waals surface area contributed by atoms with E-state index in [2.05, 4.69) is 5.32 Å². The van der Waals surface area contributed by atoms with Crippen LogP contribution in [0.4, 0.5) is 17.6 Å². The standard InChI is InChI=1S/C22H15F4NO3S/c1-10(28)17-4-5-18(31-17)14-8-12(23)6-11-7-13(30-21(11)14)9-27-22(29)19-15(24)2-3-16(25)20(19)26/h2-6,8,13H,7,9H2,1H3,(H,27,29)/t13-/m1/s1. The lowest BCUT2D eigenvalue weighted by Crippen LogP contribution is -2.35. The molecule has 0 radical (unpaired) electrons. The van der Waals surface area contributed by atoms with Gasteiger partial charge in [0.15, 0.2) is 17.4 Å². The van der Waals surface area contributed by atoms with Gasteiger partial charge in [0.1, 0.15) is 29.1 Å². The fourth-order valence-electron chi connectivity index (χ4n) is 3.39. The van der Waals surface area contributed by atoms with Crippen molar-refractivity contribution in [1.82, 2.24) is 5.32 Å². The van der Waals surface area contributed by atoms with Crippen molar-refractivity contribution in [2.75, 3.05) is 6.54 Å². The van der Waals surface area contributed by atoms with Crippen LogP contribution in [0.2, 0.25) is 0 Å². The van der Waals surface area contributed by atoms with E-state index in [0.29, 0.717) is 38.8 Å². The van der Waals surface area contributed by atoms with Crippen LogP contribution in [-0.4, -0.2) is 24.3 Å². The van der Waals surface area contributed by atoms with Gasteiger partial charge in [0.05, 0.1) is 11.4 Å². The van der Waals surface area contributed by atoms with Crippen LogP contribution in [0.25, 0.3) is 10.4 Å². The highest BCUT2D eigenvalue weighted by Gasteiger charge is 2.29. The number of rotatable bonds is 5. The molecule has 0 saturated heterocycles. The van der Waals surface area contributed by atoms with E-state index in [1.807, 2.05) is 0 Å². The van der Waals surface area contributed by atoms with Crippen molar-refractivity contribution in [2.24, 2.45) is 0 Å². The number of thiophene rings is 1. The minimum Gasteiger partial charge on any atom is -0.487 e. The van der Waals surface area contributed by atoms with E-state index in [0.717, 1.165) is 0 Å². The Morgan fingerprint density at radius 3 is 2.55 bits per heavy atom. The first kappa shape index (κ1) is 21.0. The largest absolute Gasteiger partial charge is 0.487 e. The van der Waals surface area contributed by atoms with Crippen LogP contribution in [0, 0.1) is 23.3 Å². The lowest BCUT2D eigenvalue weighted by Gasteiger charge is -2.14. The molecule has 2 aromatic carbocycles. The Morgan fingerprint density at radius 2 is 1.84 bits per heavy atom. The quantitative estimate of drug-likeness (QED) is 0.342. The zero-order valence-electron chi connectivity index (χ0n) is 16.1. The molecule has 0 saturated carbocycles. The molecule has 1 amide bonds. The van der Waals surface area contributed by atoms with Gasteiger partial charge in [-0.15, -0.1) is 11.3 Å². The van der Waals surface area contributed by atoms with Gasteiger partial charge in [0.2, 0.25) is 0 Å². The van der Waals surface area contributed by atoms with Crippen LogP contribution >= 0.6 is 11.3 Å². The number of hydrogen-bond acceptors (Lipinski definition) is 4. The number of halogens is 4. The number of ether oxygens (including phenoxy) is 1. The smallest absolute Gasteiger partial charge is 0.257 e. The van der Waals surface area contributed by atoms with E-state index in [4.69, 9.17) is 4.74 Å². The summed E-state index contributed by atoms with van der Waals surface area (Å²) in [6, 6.07) is 7.22. The first-order valence-electron chi connectivity index (χ1n) is 9.26. The molecule has 4 rings (SSSR count). The van der Waals surface area contributed by atoms with Crippen LogP contribution in [0.3, 0.4) is 0 Å². The normalized spacial score (nSPS) is 14.8. The Bertz CT molecular complexity index is 1210. The molecular weight excluding hydrogens is 434 g/mol. The summed E-state index contributed by atoms with van der Waals surface area (Å²) in [6.45, 7) is 1.30. The molecule has 0 fully saturated rings. The number of benzene rings is 2. The van der Waals surface area contributed by atoms with Crippen LogP contribution in [0.1, 0.15) is 32.5 Å². The molecule has 0 unspecified atom stereocenters. The Morgan fingerprint density at radius 1 is 1.10 bits per heavy atom. The number of ketones is 1. The summed E-state index contributed by atoms with van der Waals surface area (Å²) in [6.07, 6.45) is -0.370. The highest BCUT2D eigenvalue weighted by Crippen LogP contribution is 2.42. The van der Waals surface area contributed by atoms with Gasteiger partial charge in [-0.1, -0.05) is 0 Å². The van der Waals surface area contributed by atoms with Crippen molar-refractivity contribution in [3.05, 3.63) is 75.7 Å². The summed E-state index contributed by atoms with van der Waals surface area (Å²) >= 11 is 1.21. The third kappa shape index (κ3) is 4.05. The zero-order chi connectivity index (χ0) is 22.3. The van der Waals surface area contributed by atoms with Gasteiger partial charge in [-0.2, -0.15) is 0 Å². The lowest BCUT2D eigenvalue weighted by atomic mass is 10.0. The average Bonchev–Trinajstić information content (AvgIpc) is 3.36. The Hall–Kier alpha value is -3.20. The molecule has 0 aliphatic carbocycles. The Labute approximate surface area is 178 Å². The number of Topliss-reactive ketones (excluding diaryl/α,β-unsaturated/α-hetero) is 1. The van der Waals surface area contributed by atoms with Crippen LogP contribution in [0.15, 0.2) is 36.4 Å².